The molecule has 0 saturated carbocycles. The topological polar surface area (TPSA) is 17.1 Å². The molecule has 0 radical (unpaired) electrons. The highest BCUT2D eigenvalue weighted by Gasteiger charge is 1.89. The van der Waals surface area contributed by atoms with E-state index in [-0.39, 0.29) is 6.29 Å². The summed E-state index contributed by atoms with van der Waals surface area (Å²) in [5.74, 6) is 0. The molecule has 0 heterocycles. The van der Waals surface area contributed by atoms with Crippen molar-refractivity contribution in [3.05, 3.63) is 0 Å². The summed E-state index contributed by atoms with van der Waals surface area (Å²) in [4.78, 5) is 9.00. The SMILES string of the molecule is O=C[C@@H](F)Cl. The molecule has 3 heteroatoms. The van der Waals surface area contributed by atoms with Crippen LogP contribution in [-0.2, 0) is 4.79 Å². The van der Waals surface area contributed by atoms with Gasteiger partial charge in [0.05, 0.1) is 0 Å². The monoisotopic (exact) mass is 96.0 g/mol. The smallest absolute Gasteiger partial charge is 0.228 e. The van der Waals surface area contributed by atoms with E-state index in [2.05, 4.69) is 11.6 Å². The molecule has 0 fully saturated rings. The number of aldehydes is 1. The average molecular weight is 96.5 g/mol. The Bertz CT molecular complexity index is 36.6. The first-order valence-corrected chi connectivity index (χ1v) is 1.44. The van der Waals surface area contributed by atoms with Crippen molar-refractivity contribution in [2.75, 3.05) is 0 Å². The van der Waals surface area contributed by atoms with Crippen LogP contribution in [0.4, 0.5) is 4.39 Å². The van der Waals surface area contributed by atoms with Crippen LogP contribution in [0.3, 0.4) is 0 Å². The van der Waals surface area contributed by atoms with Crippen molar-refractivity contribution in [1.29, 1.82) is 0 Å². The molecule has 0 bridgehead atoms. The number of halogens is 2. The molecule has 0 rings (SSSR count). The predicted molar refractivity (Wildman–Crippen MR) is 16.8 cm³/mol. The van der Waals surface area contributed by atoms with Crippen LogP contribution in [0.5, 0.6) is 0 Å². The van der Waals surface area contributed by atoms with E-state index in [0.717, 1.165) is 0 Å². The van der Waals surface area contributed by atoms with Crippen LogP contribution >= 0.6 is 11.6 Å². The number of carbonyl (C=O) groups is 1. The fourth-order valence-electron chi connectivity index (χ4n) is 0. The minimum Gasteiger partial charge on any atom is -0.299 e. The van der Waals surface area contributed by atoms with Gasteiger partial charge < -0.3 is 0 Å². The molecule has 1 nitrogen and oxygen atoms in total. The summed E-state index contributed by atoms with van der Waals surface area (Å²) in [5, 5.41) is 0. The normalized spacial score (nSPS) is 14.0. The Labute approximate surface area is 33.7 Å². The van der Waals surface area contributed by atoms with Gasteiger partial charge in [-0.3, -0.25) is 4.79 Å². The van der Waals surface area contributed by atoms with Crippen molar-refractivity contribution in [2.45, 2.75) is 5.63 Å². The molecule has 5 heavy (non-hydrogen) atoms. The van der Waals surface area contributed by atoms with E-state index in [1.54, 1.807) is 0 Å². The second-order valence-electron chi connectivity index (χ2n) is 0.471. The van der Waals surface area contributed by atoms with Crippen molar-refractivity contribution in [1.82, 2.24) is 0 Å². The Morgan fingerprint density at radius 2 is 2.20 bits per heavy atom. The van der Waals surface area contributed by atoms with Crippen molar-refractivity contribution < 1.29 is 9.18 Å². The molecule has 0 aromatic heterocycles. The standard InChI is InChI=1S/C2H2ClFO/c3-2(4)1-5/h1-2H/t2-/m1/s1. The highest BCUT2D eigenvalue weighted by molar-refractivity contribution is 6.26. The average Bonchev–Trinajstić information content (AvgIpc) is 1.38. The van der Waals surface area contributed by atoms with E-state index in [1.807, 2.05) is 0 Å². The van der Waals surface area contributed by atoms with Gasteiger partial charge in [-0.15, -0.1) is 0 Å². The second kappa shape index (κ2) is 2.15. The molecule has 1 atom stereocenters. The van der Waals surface area contributed by atoms with E-state index in [4.69, 9.17) is 4.79 Å². The van der Waals surface area contributed by atoms with Gasteiger partial charge in [0.15, 0.2) is 6.29 Å². The fourth-order valence-corrected chi connectivity index (χ4v) is 0. The third-order valence-electron chi connectivity index (χ3n) is 0.103. The van der Waals surface area contributed by atoms with E-state index < -0.39 is 5.63 Å². The van der Waals surface area contributed by atoms with Crippen LogP contribution in [0.25, 0.3) is 0 Å². The zero-order valence-corrected chi connectivity index (χ0v) is 3.07. The first-order valence-electron chi connectivity index (χ1n) is 1.01. The van der Waals surface area contributed by atoms with E-state index >= 15 is 0 Å². The van der Waals surface area contributed by atoms with Crippen molar-refractivity contribution in [2.24, 2.45) is 0 Å². The Morgan fingerprint density at radius 1 is 2.00 bits per heavy atom. The zero-order chi connectivity index (χ0) is 4.28. The molecule has 0 aliphatic rings. The first-order chi connectivity index (χ1) is 2.27. The van der Waals surface area contributed by atoms with Crippen LogP contribution in [0.1, 0.15) is 0 Å². The van der Waals surface area contributed by atoms with E-state index in [1.165, 1.54) is 0 Å². The molecule has 0 N–H and O–H groups in total. The molecular weight excluding hydrogens is 94.5 g/mol. The fraction of sp³-hybridized carbons (Fsp3) is 0.500. The van der Waals surface area contributed by atoms with Gasteiger partial charge in [0, 0.05) is 0 Å². The minimum atomic E-state index is -1.82. The second-order valence-corrected chi connectivity index (χ2v) is 0.887. The Kier molecular flexibility index (Phi) is 2.10. The van der Waals surface area contributed by atoms with Gasteiger partial charge in [-0.1, -0.05) is 11.6 Å². The third kappa shape index (κ3) is 3.89. The van der Waals surface area contributed by atoms with Gasteiger partial charge in [-0.05, 0) is 0 Å². The number of rotatable bonds is 1. The van der Waals surface area contributed by atoms with Crippen LogP contribution < -0.4 is 0 Å². The van der Waals surface area contributed by atoms with Crippen molar-refractivity contribution in [3.63, 3.8) is 0 Å². The minimum absolute atomic E-state index is 0.0154. The summed E-state index contributed by atoms with van der Waals surface area (Å²) in [6, 6.07) is 0. The predicted octanol–water partition coefficient (Wildman–Crippen LogP) is 0.720. The Hall–Kier alpha value is -0.110. The maximum absolute atomic E-state index is 10.8. The van der Waals surface area contributed by atoms with Crippen LogP contribution in [0.15, 0.2) is 0 Å². The summed E-state index contributed by atoms with van der Waals surface area (Å²) in [6.07, 6.45) is 0.0154. The number of alkyl halides is 2. The number of carbonyl (C=O) groups excluding carboxylic acids is 1. The van der Waals surface area contributed by atoms with E-state index in [9.17, 15) is 4.39 Å². The summed E-state index contributed by atoms with van der Waals surface area (Å²) in [5.41, 5.74) is -1.82. The maximum atomic E-state index is 10.8. The maximum Gasteiger partial charge on any atom is 0.228 e. The molecular formula is C2H2ClFO. The Morgan fingerprint density at radius 3 is 2.20 bits per heavy atom. The third-order valence-corrected chi connectivity index (χ3v) is 0.206. The quantitative estimate of drug-likeness (QED) is 0.347. The largest absolute Gasteiger partial charge is 0.299 e. The summed E-state index contributed by atoms with van der Waals surface area (Å²) < 4.78 is 10.8. The molecule has 0 spiro atoms. The molecule has 30 valence electrons. The van der Waals surface area contributed by atoms with Gasteiger partial charge >= 0.3 is 0 Å². The number of hydrogen-bond donors (Lipinski definition) is 0. The first kappa shape index (κ1) is 4.89. The van der Waals surface area contributed by atoms with Gasteiger partial charge in [-0.25, -0.2) is 4.39 Å². The lowest BCUT2D eigenvalue weighted by Gasteiger charge is -1.71. The molecule has 0 amide bonds. The van der Waals surface area contributed by atoms with Gasteiger partial charge in [0.2, 0.25) is 5.63 Å². The molecule has 0 aliphatic carbocycles. The Balaban J connectivity index is 2.83. The van der Waals surface area contributed by atoms with Gasteiger partial charge in [0.25, 0.3) is 0 Å². The van der Waals surface area contributed by atoms with Gasteiger partial charge in [0.1, 0.15) is 0 Å². The van der Waals surface area contributed by atoms with Gasteiger partial charge in [-0.2, -0.15) is 0 Å². The van der Waals surface area contributed by atoms with Crippen molar-refractivity contribution in [3.8, 4) is 0 Å². The molecule has 0 aromatic carbocycles. The molecule has 0 aliphatic heterocycles. The van der Waals surface area contributed by atoms with E-state index in [0.29, 0.717) is 0 Å². The molecule has 0 unspecified atom stereocenters. The lowest BCUT2D eigenvalue weighted by molar-refractivity contribution is -0.109. The lowest BCUT2D eigenvalue weighted by atomic mass is 10.9. The zero-order valence-electron chi connectivity index (χ0n) is 2.32. The van der Waals surface area contributed by atoms with Crippen LogP contribution in [-0.4, -0.2) is 11.9 Å². The number of hydrogen-bond acceptors (Lipinski definition) is 1. The highest BCUT2D eigenvalue weighted by atomic mass is 35.5. The van der Waals surface area contributed by atoms with Crippen molar-refractivity contribution >= 4 is 17.9 Å². The van der Waals surface area contributed by atoms with Crippen LogP contribution in [0, 0.1) is 0 Å². The highest BCUT2D eigenvalue weighted by Crippen LogP contribution is 1.87. The van der Waals surface area contributed by atoms with Crippen LogP contribution in [0.2, 0.25) is 0 Å². The molecule has 0 aromatic rings. The molecule has 0 saturated heterocycles. The summed E-state index contributed by atoms with van der Waals surface area (Å²) >= 11 is 4.43. The lowest BCUT2D eigenvalue weighted by Crippen LogP contribution is -1.84. The summed E-state index contributed by atoms with van der Waals surface area (Å²) in [6.45, 7) is 0. The summed E-state index contributed by atoms with van der Waals surface area (Å²) in [7, 11) is 0.